The summed E-state index contributed by atoms with van der Waals surface area (Å²) in [4.78, 5) is 28.8. The van der Waals surface area contributed by atoms with Crippen molar-refractivity contribution in [1.82, 2.24) is 15.8 Å². The maximum Gasteiger partial charge on any atom is 0.269 e. The normalized spacial score (nSPS) is 10.6. The fourth-order valence-electron chi connectivity index (χ4n) is 3.17. The molecule has 4 rings (SSSR count). The molecule has 0 aliphatic heterocycles. The van der Waals surface area contributed by atoms with E-state index in [0.29, 0.717) is 21.2 Å². The first-order valence-electron chi connectivity index (χ1n) is 9.74. The number of amides is 2. The molecule has 1 aromatic heterocycles. The molecule has 1 heterocycles. The highest BCUT2D eigenvalue weighted by atomic mass is 35.5. The molecule has 32 heavy (non-hydrogen) atoms. The number of para-hydroxylation sites is 1. The van der Waals surface area contributed by atoms with Gasteiger partial charge in [0.05, 0.1) is 22.0 Å². The molecule has 2 amide bonds. The Morgan fingerprint density at radius 1 is 0.844 bits per heavy atom. The van der Waals surface area contributed by atoms with Gasteiger partial charge in [0.25, 0.3) is 5.91 Å². The number of hydrazine groups is 1. The standard InChI is InChI=1S/C24H18Cl2N4O2/c25-19-6-3-4-16(23(19)26)14-22(31)29-30-24(32)15-8-10-17(11-9-15)28-21-12-13-27-20-7-2-1-5-18(20)21/h1-13H,14H2,(H,27,28)(H,29,31)(H,30,32). The molecule has 0 saturated carbocycles. The number of nitrogens with zero attached hydrogens (tertiary/aromatic N) is 1. The van der Waals surface area contributed by atoms with Gasteiger partial charge in [0.1, 0.15) is 0 Å². The summed E-state index contributed by atoms with van der Waals surface area (Å²) in [5, 5.41) is 5.03. The minimum Gasteiger partial charge on any atom is -0.355 e. The van der Waals surface area contributed by atoms with Gasteiger partial charge in [-0.25, -0.2) is 0 Å². The predicted molar refractivity (Wildman–Crippen MR) is 127 cm³/mol. The van der Waals surface area contributed by atoms with Gasteiger partial charge in [0.2, 0.25) is 5.91 Å². The van der Waals surface area contributed by atoms with Crippen molar-refractivity contribution in [2.24, 2.45) is 0 Å². The number of pyridine rings is 1. The molecule has 0 fully saturated rings. The fraction of sp³-hybridized carbons (Fsp3) is 0.0417. The quantitative estimate of drug-likeness (QED) is 0.350. The lowest BCUT2D eigenvalue weighted by molar-refractivity contribution is -0.121. The molecule has 0 saturated heterocycles. The number of carbonyl (C=O) groups is 2. The zero-order chi connectivity index (χ0) is 22.5. The van der Waals surface area contributed by atoms with Crippen molar-refractivity contribution in [3.8, 4) is 0 Å². The third kappa shape index (κ3) is 4.99. The number of rotatable bonds is 5. The second-order valence-electron chi connectivity index (χ2n) is 6.97. The van der Waals surface area contributed by atoms with Crippen molar-refractivity contribution in [3.05, 3.63) is 100 Å². The van der Waals surface area contributed by atoms with Crippen molar-refractivity contribution < 1.29 is 9.59 Å². The Labute approximate surface area is 194 Å². The summed E-state index contributed by atoms with van der Waals surface area (Å²) in [7, 11) is 0. The summed E-state index contributed by atoms with van der Waals surface area (Å²) in [5.41, 5.74) is 8.39. The van der Waals surface area contributed by atoms with Crippen molar-refractivity contribution in [3.63, 3.8) is 0 Å². The summed E-state index contributed by atoms with van der Waals surface area (Å²) in [5.74, 6) is -0.846. The summed E-state index contributed by atoms with van der Waals surface area (Å²) < 4.78 is 0. The largest absolute Gasteiger partial charge is 0.355 e. The summed E-state index contributed by atoms with van der Waals surface area (Å²) >= 11 is 12.0. The van der Waals surface area contributed by atoms with Gasteiger partial charge in [0, 0.05) is 28.5 Å². The van der Waals surface area contributed by atoms with Crippen molar-refractivity contribution in [2.75, 3.05) is 5.32 Å². The van der Waals surface area contributed by atoms with E-state index >= 15 is 0 Å². The Morgan fingerprint density at radius 3 is 2.44 bits per heavy atom. The highest BCUT2D eigenvalue weighted by molar-refractivity contribution is 6.42. The molecule has 160 valence electrons. The van der Waals surface area contributed by atoms with E-state index < -0.39 is 11.8 Å². The minimum absolute atomic E-state index is 0.0115. The van der Waals surface area contributed by atoms with Gasteiger partial charge in [-0.05, 0) is 48.0 Å². The molecule has 0 unspecified atom stereocenters. The lowest BCUT2D eigenvalue weighted by Crippen LogP contribution is -2.42. The van der Waals surface area contributed by atoms with Crippen LogP contribution in [0.2, 0.25) is 10.0 Å². The number of fused-ring (bicyclic) bond motifs is 1. The molecule has 0 atom stereocenters. The number of benzene rings is 3. The van der Waals surface area contributed by atoms with Crippen LogP contribution in [0, 0.1) is 0 Å². The summed E-state index contributed by atoms with van der Waals surface area (Å²) in [6.45, 7) is 0. The third-order valence-electron chi connectivity index (χ3n) is 4.77. The van der Waals surface area contributed by atoms with Crippen LogP contribution in [-0.4, -0.2) is 16.8 Å². The van der Waals surface area contributed by atoms with E-state index in [0.717, 1.165) is 22.3 Å². The van der Waals surface area contributed by atoms with E-state index in [1.165, 1.54) is 0 Å². The molecule has 0 aliphatic carbocycles. The number of hydrogen-bond donors (Lipinski definition) is 3. The number of nitrogens with one attached hydrogen (secondary N) is 3. The van der Waals surface area contributed by atoms with Crippen LogP contribution in [0.5, 0.6) is 0 Å². The zero-order valence-corrected chi connectivity index (χ0v) is 18.2. The van der Waals surface area contributed by atoms with Gasteiger partial charge in [-0.15, -0.1) is 0 Å². The third-order valence-corrected chi connectivity index (χ3v) is 5.63. The van der Waals surface area contributed by atoms with Crippen LogP contribution in [0.3, 0.4) is 0 Å². The minimum atomic E-state index is -0.434. The molecular weight excluding hydrogens is 447 g/mol. The molecule has 3 aromatic carbocycles. The second-order valence-corrected chi connectivity index (χ2v) is 7.76. The summed E-state index contributed by atoms with van der Waals surface area (Å²) in [6, 6.07) is 21.7. The highest BCUT2D eigenvalue weighted by Gasteiger charge is 2.11. The van der Waals surface area contributed by atoms with Gasteiger partial charge in [0.15, 0.2) is 0 Å². The first kappa shape index (κ1) is 21.6. The van der Waals surface area contributed by atoms with Crippen molar-refractivity contribution >= 4 is 57.3 Å². The Hall–Kier alpha value is -3.61. The topological polar surface area (TPSA) is 83.1 Å². The van der Waals surface area contributed by atoms with E-state index in [2.05, 4.69) is 21.2 Å². The first-order valence-corrected chi connectivity index (χ1v) is 10.5. The average Bonchev–Trinajstić information content (AvgIpc) is 2.81. The van der Waals surface area contributed by atoms with Crippen LogP contribution >= 0.6 is 23.2 Å². The highest BCUT2D eigenvalue weighted by Crippen LogP contribution is 2.26. The van der Waals surface area contributed by atoms with E-state index in [9.17, 15) is 9.59 Å². The number of anilines is 2. The van der Waals surface area contributed by atoms with Crippen LogP contribution < -0.4 is 16.2 Å². The van der Waals surface area contributed by atoms with E-state index in [4.69, 9.17) is 23.2 Å². The van der Waals surface area contributed by atoms with Gasteiger partial charge >= 0.3 is 0 Å². The molecule has 4 aromatic rings. The number of carbonyl (C=O) groups excluding carboxylic acids is 2. The summed E-state index contributed by atoms with van der Waals surface area (Å²) in [6.07, 6.45) is 1.73. The molecule has 0 spiro atoms. The number of aromatic nitrogens is 1. The SMILES string of the molecule is O=C(Cc1cccc(Cl)c1Cl)NNC(=O)c1ccc(Nc2ccnc3ccccc23)cc1. The predicted octanol–water partition coefficient (Wildman–Crippen LogP) is 5.29. The molecular formula is C24H18Cl2N4O2. The van der Waals surface area contributed by atoms with Crippen LogP contribution in [0.1, 0.15) is 15.9 Å². The van der Waals surface area contributed by atoms with Crippen LogP contribution in [-0.2, 0) is 11.2 Å². The number of halogens is 2. The number of hydrogen-bond acceptors (Lipinski definition) is 4. The average molecular weight is 465 g/mol. The first-order chi connectivity index (χ1) is 15.5. The molecule has 3 N–H and O–H groups in total. The van der Waals surface area contributed by atoms with E-state index in [1.54, 1.807) is 48.7 Å². The Kier molecular flexibility index (Phi) is 6.54. The van der Waals surface area contributed by atoms with Crippen molar-refractivity contribution in [1.29, 1.82) is 0 Å². The molecule has 0 aliphatic rings. The monoisotopic (exact) mass is 464 g/mol. The maximum absolute atomic E-state index is 12.4. The molecule has 8 heteroatoms. The smallest absolute Gasteiger partial charge is 0.269 e. The van der Waals surface area contributed by atoms with Crippen LogP contribution in [0.4, 0.5) is 11.4 Å². The van der Waals surface area contributed by atoms with Crippen LogP contribution in [0.25, 0.3) is 10.9 Å². The van der Waals surface area contributed by atoms with Gasteiger partial charge in [-0.1, -0.05) is 53.5 Å². The van der Waals surface area contributed by atoms with Gasteiger partial charge in [-0.3, -0.25) is 25.4 Å². The van der Waals surface area contributed by atoms with Crippen LogP contribution in [0.15, 0.2) is 79.0 Å². The Morgan fingerprint density at radius 2 is 1.62 bits per heavy atom. The van der Waals surface area contributed by atoms with E-state index in [-0.39, 0.29) is 6.42 Å². The molecule has 0 bridgehead atoms. The zero-order valence-electron chi connectivity index (χ0n) is 16.7. The second kappa shape index (κ2) is 9.68. The van der Waals surface area contributed by atoms with Crippen molar-refractivity contribution in [2.45, 2.75) is 6.42 Å². The maximum atomic E-state index is 12.4. The molecule has 6 nitrogen and oxygen atoms in total. The van der Waals surface area contributed by atoms with Gasteiger partial charge < -0.3 is 5.32 Å². The lowest BCUT2D eigenvalue weighted by Gasteiger charge is -2.11. The van der Waals surface area contributed by atoms with Gasteiger partial charge in [-0.2, -0.15) is 0 Å². The molecule has 0 radical (unpaired) electrons. The Bertz CT molecular complexity index is 1290. The Balaban J connectivity index is 1.36. The lowest BCUT2D eigenvalue weighted by atomic mass is 10.1. The van der Waals surface area contributed by atoms with E-state index in [1.807, 2.05) is 30.3 Å². The fourth-order valence-corrected chi connectivity index (χ4v) is 3.55.